The van der Waals surface area contributed by atoms with Crippen molar-refractivity contribution in [2.24, 2.45) is 0 Å². The number of hydrogen-bond donors (Lipinski definition) is 0. The number of rotatable bonds is 7. The smallest absolute Gasteiger partial charge is 0.0547 e. The number of para-hydroxylation sites is 2. The fourth-order valence-corrected chi connectivity index (χ4v) is 9.66. The van der Waals surface area contributed by atoms with Crippen molar-refractivity contribution >= 4 is 87.2 Å². The van der Waals surface area contributed by atoms with E-state index >= 15 is 0 Å². The highest BCUT2D eigenvalue weighted by molar-refractivity contribution is 7.26. The maximum absolute atomic E-state index is 3.90. The van der Waals surface area contributed by atoms with Crippen LogP contribution in [0.5, 0.6) is 0 Å². The minimum atomic E-state index is 1.10. The van der Waals surface area contributed by atoms with Crippen molar-refractivity contribution in [2.45, 2.75) is 0 Å². The van der Waals surface area contributed by atoms with E-state index in [0.29, 0.717) is 0 Å². The minimum Gasteiger partial charge on any atom is -0.311 e. The molecule has 0 radical (unpaired) electrons. The van der Waals surface area contributed by atoms with Crippen LogP contribution >= 0.6 is 11.3 Å². The lowest BCUT2D eigenvalue weighted by atomic mass is 9.99. The number of benzene rings is 9. The number of aromatic nitrogens is 1. The first kappa shape index (κ1) is 33.2. The van der Waals surface area contributed by atoms with Gasteiger partial charge in [-0.25, -0.2) is 0 Å². The molecule has 0 aliphatic carbocycles. The molecule has 0 atom stereocenters. The van der Waals surface area contributed by atoms with Gasteiger partial charge in [-0.05, 0) is 124 Å². The van der Waals surface area contributed by atoms with Crippen LogP contribution in [-0.4, -0.2) is 4.57 Å². The Kier molecular flexibility index (Phi) is 7.87. The molecule has 268 valence electrons. The van der Waals surface area contributed by atoms with E-state index in [1.54, 1.807) is 0 Å². The summed E-state index contributed by atoms with van der Waals surface area (Å²) < 4.78 is 5.08. The van der Waals surface area contributed by atoms with Crippen molar-refractivity contribution in [1.82, 2.24) is 4.57 Å². The summed E-state index contributed by atoms with van der Waals surface area (Å²) >= 11 is 1.88. The molecule has 0 saturated heterocycles. The second-order valence-electron chi connectivity index (χ2n) is 14.6. The third-order valence-corrected chi connectivity index (χ3v) is 12.5. The normalized spacial score (nSPS) is 11.6. The first-order chi connectivity index (χ1) is 28.2. The van der Waals surface area contributed by atoms with Gasteiger partial charge in [0.2, 0.25) is 0 Å². The van der Waals surface area contributed by atoms with Crippen molar-refractivity contribution in [3.8, 4) is 27.9 Å². The molecule has 2 aromatic heterocycles. The maximum Gasteiger partial charge on any atom is 0.0547 e. The highest BCUT2D eigenvalue weighted by atomic mass is 32.1. The van der Waals surface area contributed by atoms with Gasteiger partial charge in [0.15, 0.2) is 0 Å². The monoisotopic (exact) mass is 744 g/mol. The second-order valence-corrected chi connectivity index (χ2v) is 15.7. The summed E-state index contributed by atoms with van der Waals surface area (Å²) in [6.45, 7) is 3.90. The van der Waals surface area contributed by atoms with E-state index in [1.807, 2.05) is 17.4 Å². The van der Waals surface area contributed by atoms with Gasteiger partial charge < -0.3 is 9.47 Å². The first-order valence-electron chi connectivity index (χ1n) is 19.4. The summed E-state index contributed by atoms with van der Waals surface area (Å²) in [5, 5.41) is 7.75. The van der Waals surface area contributed by atoms with E-state index in [-0.39, 0.29) is 0 Å². The van der Waals surface area contributed by atoms with Gasteiger partial charge in [0, 0.05) is 53.7 Å². The molecule has 0 aliphatic heterocycles. The predicted molar refractivity (Wildman–Crippen MR) is 247 cm³/mol. The molecule has 0 unspecified atom stereocenters. The van der Waals surface area contributed by atoms with Crippen LogP contribution in [0.2, 0.25) is 0 Å². The fraction of sp³-hybridized carbons (Fsp3) is 0. The lowest BCUT2D eigenvalue weighted by Crippen LogP contribution is -2.09. The number of anilines is 3. The van der Waals surface area contributed by atoms with Crippen LogP contribution in [0.15, 0.2) is 207 Å². The lowest BCUT2D eigenvalue weighted by Gasteiger charge is -2.26. The highest BCUT2D eigenvalue weighted by Crippen LogP contribution is 2.43. The van der Waals surface area contributed by atoms with Crippen molar-refractivity contribution < 1.29 is 0 Å². The van der Waals surface area contributed by atoms with E-state index in [0.717, 1.165) is 28.3 Å². The number of hydrogen-bond acceptors (Lipinski definition) is 2. The van der Waals surface area contributed by atoms with Crippen LogP contribution in [0.1, 0.15) is 5.56 Å². The molecular weight excluding hydrogens is 709 g/mol. The molecule has 0 saturated carbocycles. The third-order valence-electron chi connectivity index (χ3n) is 11.3. The zero-order chi connectivity index (χ0) is 37.9. The van der Waals surface area contributed by atoms with Crippen LogP contribution in [0.25, 0.3) is 86.8 Å². The van der Waals surface area contributed by atoms with E-state index in [2.05, 4.69) is 216 Å². The topological polar surface area (TPSA) is 8.17 Å². The Morgan fingerprint density at radius 1 is 0.421 bits per heavy atom. The predicted octanol–water partition coefficient (Wildman–Crippen LogP) is 15.8. The molecule has 0 bridgehead atoms. The number of fused-ring (bicyclic) bond motifs is 8. The van der Waals surface area contributed by atoms with E-state index in [1.165, 1.54) is 75.0 Å². The standard InChI is InChI=1S/C54H36N2S/c1-2-36-17-19-37(20-18-36)38-21-27-44(28-22-38)55(42-11-5-3-6-12-42)45-29-23-39(24-30-45)40-25-31-50-48(33-40)49-35-47-41(34-51(49)56(50)43-13-7-4-8-14-43)26-32-53-54(47)46-15-9-10-16-52(46)57-53/h2-35H,1H2. The Morgan fingerprint density at radius 3 is 1.70 bits per heavy atom. The van der Waals surface area contributed by atoms with Gasteiger partial charge >= 0.3 is 0 Å². The summed E-state index contributed by atoms with van der Waals surface area (Å²) in [4.78, 5) is 2.32. The van der Waals surface area contributed by atoms with Crippen molar-refractivity contribution in [3.63, 3.8) is 0 Å². The molecule has 0 aliphatic rings. The average molecular weight is 745 g/mol. The SMILES string of the molecule is C=Cc1ccc(-c2ccc(N(c3ccccc3)c3ccc(-c4ccc5c(c4)c4cc6c(ccc7sc8ccccc8c76)cc4n5-c4ccccc4)cc3)cc2)cc1. The van der Waals surface area contributed by atoms with Crippen LogP contribution in [0, 0.1) is 0 Å². The van der Waals surface area contributed by atoms with Crippen LogP contribution in [-0.2, 0) is 0 Å². The highest BCUT2D eigenvalue weighted by Gasteiger charge is 2.18. The number of thiophene rings is 1. The lowest BCUT2D eigenvalue weighted by molar-refractivity contribution is 1.18. The van der Waals surface area contributed by atoms with Gasteiger partial charge in [0.25, 0.3) is 0 Å². The maximum atomic E-state index is 3.90. The Morgan fingerprint density at radius 2 is 1.00 bits per heavy atom. The molecule has 0 N–H and O–H groups in total. The van der Waals surface area contributed by atoms with E-state index in [4.69, 9.17) is 0 Å². The van der Waals surface area contributed by atoms with Crippen molar-refractivity contribution in [1.29, 1.82) is 0 Å². The van der Waals surface area contributed by atoms with Gasteiger partial charge in [0.05, 0.1) is 11.0 Å². The second kappa shape index (κ2) is 13.5. The fourth-order valence-electron chi connectivity index (χ4n) is 8.54. The van der Waals surface area contributed by atoms with Crippen LogP contribution < -0.4 is 4.90 Å². The van der Waals surface area contributed by atoms with Crippen molar-refractivity contribution in [3.05, 3.63) is 212 Å². The molecule has 0 amide bonds. The molecule has 3 heteroatoms. The Balaban J connectivity index is 1.03. The quantitative estimate of drug-likeness (QED) is 0.158. The summed E-state index contributed by atoms with van der Waals surface area (Å²) in [5.74, 6) is 0. The van der Waals surface area contributed by atoms with Gasteiger partial charge in [-0.3, -0.25) is 0 Å². The van der Waals surface area contributed by atoms with Gasteiger partial charge in [-0.15, -0.1) is 11.3 Å². The first-order valence-corrected chi connectivity index (χ1v) is 20.2. The largest absolute Gasteiger partial charge is 0.311 e. The van der Waals surface area contributed by atoms with Gasteiger partial charge in [-0.1, -0.05) is 128 Å². The number of nitrogens with zero attached hydrogens (tertiary/aromatic N) is 2. The summed E-state index contributed by atoms with van der Waals surface area (Å²) in [7, 11) is 0. The summed E-state index contributed by atoms with van der Waals surface area (Å²) in [6.07, 6.45) is 1.88. The molecule has 57 heavy (non-hydrogen) atoms. The molecule has 2 heterocycles. The third kappa shape index (κ3) is 5.63. The van der Waals surface area contributed by atoms with Crippen LogP contribution in [0.4, 0.5) is 17.1 Å². The Hall–Kier alpha value is -7.20. The molecule has 2 nitrogen and oxygen atoms in total. The Bertz CT molecular complexity index is 3270. The van der Waals surface area contributed by atoms with Gasteiger partial charge in [-0.2, -0.15) is 0 Å². The van der Waals surface area contributed by atoms with Crippen LogP contribution in [0.3, 0.4) is 0 Å². The minimum absolute atomic E-state index is 1.10. The molecule has 9 aromatic carbocycles. The zero-order valence-corrected chi connectivity index (χ0v) is 32.0. The molecule has 11 aromatic rings. The Labute approximate surface area is 335 Å². The van der Waals surface area contributed by atoms with E-state index < -0.39 is 0 Å². The molecular formula is C54H36N2S. The summed E-state index contributed by atoms with van der Waals surface area (Å²) in [5.41, 5.74) is 12.8. The van der Waals surface area contributed by atoms with Crippen molar-refractivity contribution in [2.75, 3.05) is 4.90 Å². The van der Waals surface area contributed by atoms with E-state index in [9.17, 15) is 0 Å². The zero-order valence-electron chi connectivity index (χ0n) is 31.1. The van der Waals surface area contributed by atoms with Gasteiger partial charge in [0.1, 0.15) is 0 Å². The summed E-state index contributed by atoms with van der Waals surface area (Å²) in [6, 6.07) is 72.9. The molecule has 11 rings (SSSR count). The molecule has 0 spiro atoms. The molecule has 0 fully saturated rings. The average Bonchev–Trinajstić information content (AvgIpc) is 3.82.